The van der Waals surface area contributed by atoms with Crippen molar-refractivity contribution in [1.29, 1.82) is 0 Å². The van der Waals surface area contributed by atoms with E-state index in [2.05, 4.69) is 0 Å². The zero-order valence-corrected chi connectivity index (χ0v) is 19.4. The minimum Gasteiger partial charge on any atom is -0.454 e. The lowest BCUT2D eigenvalue weighted by Gasteiger charge is -2.23. The Bertz CT molecular complexity index is 1540. The maximum atomic E-state index is 13.6. The topological polar surface area (TPSA) is 76.1 Å². The standard InChI is InChI=1S/C30H23NO5/c32-23(14-12-20-13-15-27-28(16-20)36-19-35-27)17-30(34)25-10-3-4-11-26(25)31(29(30)33)18-22-8-5-7-21-6-1-2-9-24(21)22/h1-16,34H,17-19H2/b14-12+/t30-/m1/s1. The third-order valence-corrected chi connectivity index (χ3v) is 6.74. The maximum Gasteiger partial charge on any atom is 0.264 e. The molecule has 1 N–H and O–H groups in total. The number of fused-ring (bicyclic) bond motifs is 3. The van der Waals surface area contributed by atoms with E-state index in [1.165, 1.54) is 6.08 Å². The highest BCUT2D eigenvalue weighted by atomic mass is 16.7. The quantitative estimate of drug-likeness (QED) is 0.397. The largest absolute Gasteiger partial charge is 0.454 e. The van der Waals surface area contributed by atoms with Gasteiger partial charge in [0, 0.05) is 5.56 Å². The summed E-state index contributed by atoms with van der Waals surface area (Å²) in [6.45, 7) is 0.464. The summed E-state index contributed by atoms with van der Waals surface area (Å²) in [6, 6.07) is 26.5. The predicted octanol–water partition coefficient (Wildman–Crippen LogP) is 4.98. The highest BCUT2D eigenvalue weighted by Crippen LogP contribution is 2.43. The number of rotatable bonds is 6. The van der Waals surface area contributed by atoms with Crippen LogP contribution in [0.3, 0.4) is 0 Å². The van der Waals surface area contributed by atoms with Crippen LogP contribution in [0.25, 0.3) is 16.8 Å². The first-order valence-corrected chi connectivity index (χ1v) is 11.7. The van der Waals surface area contributed by atoms with E-state index in [4.69, 9.17) is 9.47 Å². The van der Waals surface area contributed by atoms with Gasteiger partial charge in [0.2, 0.25) is 6.79 Å². The number of para-hydroxylation sites is 1. The molecule has 1 amide bonds. The van der Waals surface area contributed by atoms with Crippen molar-refractivity contribution in [2.24, 2.45) is 0 Å². The second kappa shape index (κ2) is 8.66. The molecule has 1 atom stereocenters. The van der Waals surface area contributed by atoms with Gasteiger partial charge < -0.3 is 19.5 Å². The second-order valence-corrected chi connectivity index (χ2v) is 9.00. The molecule has 0 aromatic heterocycles. The Kier molecular flexibility index (Phi) is 5.31. The summed E-state index contributed by atoms with van der Waals surface area (Å²) in [5.74, 6) is 0.422. The molecule has 6 nitrogen and oxygen atoms in total. The fraction of sp³-hybridized carbons (Fsp3) is 0.133. The van der Waals surface area contributed by atoms with Crippen molar-refractivity contribution in [1.82, 2.24) is 0 Å². The van der Waals surface area contributed by atoms with E-state index in [1.807, 2.05) is 60.7 Å². The molecule has 178 valence electrons. The van der Waals surface area contributed by atoms with Gasteiger partial charge in [0.15, 0.2) is 22.9 Å². The molecule has 4 aromatic carbocycles. The van der Waals surface area contributed by atoms with Gasteiger partial charge in [-0.3, -0.25) is 9.59 Å². The molecule has 0 aliphatic carbocycles. The molecule has 0 saturated heterocycles. The lowest BCUT2D eigenvalue weighted by atomic mass is 9.89. The number of carbonyl (C=O) groups is 2. The van der Waals surface area contributed by atoms with Crippen LogP contribution < -0.4 is 14.4 Å². The third kappa shape index (κ3) is 3.72. The Morgan fingerprint density at radius 3 is 2.64 bits per heavy atom. The number of ether oxygens (including phenoxy) is 2. The maximum absolute atomic E-state index is 13.6. The molecule has 0 fully saturated rings. The summed E-state index contributed by atoms with van der Waals surface area (Å²) in [5, 5.41) is 13.7. The molecule has 0 saturated carbocycles. The number of carbonyl (C=O) groups excluding carboxylic acids is 2. The van der Waals surface area contributed by atoms with Crippen LogP contribution in [0.4, 0.5) is 5.69 Å². The summed E-state index contributed by atoms with van der Waals surface area (Å²) in [6.07, 6.45) is 2.68. The summed E-state index contributed by atoms with van der Waals surface area (Å²) >= 11 is 0. The van der Waals surface area contributed by atoms with E-state index >= 15 is 0 Å². The van der Waals surface area contributed by atoms with E-state index in [9.17, 15) is 14.7 Å². The van der Waals surface area contributed by atoms with Crippen LogP contribution in [0.5, 0.6) is 11.5 Å². The molecule has 0 unspecified atom stereocenters. The summed E-state index contributed by atoms with van der Waals surface area (Å²) in [4.78, 5) is 28.1. The highest BCUT2D eigenvalue weighted by molar-refractivity contribution is 6.10. The number of hydrogen-bond acceptors (Lipinski definition) is 5. The fourth-order valence-corrected chi connectivity index (χ4v) is 4.95. The molecular weight excluding hydrogens is 454 g/mol. The Hall–Kier alpha value is -4.42. The first-order valence-electron chi connectivity index (χ1n) is 11.7. The van der Waals surface area contributed by atoms with Crippen molar-refractivity contribution < 1.29 is 24.2 Å². The SMILES string of the molecule is O=C(/C=C/c1ccc2c(c1)OCO2)C[C@]1(O)C(=O)N(Cc2cccc3ccccc23)c2ccccc21. The fourth-order valence-electron chi connectivity index (χ4n) is 4.95. The minimum absolute atomic E-state index is 0.172. The van der Waals surface area contributed by atoms with E-state index in [0.29, 0.717) is 29.3 Å². The molecule has 6 rings (SSSR count). The normalized spacial score (nSPS) is 18.2. The first-order chi connectivity index (χ1) is 17.5. The summed E-state index contributed by atoms with van der Waals surface area (Å²) in [7, 11) is 0. The zero-order valence-electron chi connectivity index (χ0n) is 19.4. The average molecular weight is 478 g/mol. The summed E-state index contributed by atoms with van der Waals surface area (Å²) in [5.41, 5.74) is 0.854. The Balaban J connectivity index is 1.27. The molecule has 0 radical (unpaired) electrons. The van der Waals surface area contributed by atoms with Gasteiger partial charge in [-0.25, -0.2) is 0 Å². The Morgan fingerprint density at radius 2 is 1.72 bits per heavy atom. The Labute approximate surface area is 208 Å². The number of benzene rings is 4. The van der Waals surface area contributed by atoms with Crippen molar-refractivity contribution in [3.63, 3.8) is 0 Å². The van der Waals surface area contributed by atoms with Crippen LogP contribution in [0.2, 0.25) is 0 Å². The lowest BCUT2D eigenvalue weighted by molar-refractivity contribution is -0.140. The number of nitrogens with zero attached hydrogens (tertiary/aromatic N) is 1. The molecular formula is C30H23NO5. The number of anilines is 1. The van der Waals surface area contributed by atoms with Crippen LogP contribution in [0.1, 0.15) is 23.1 Å². The van der Waals surface area contributed by atoms with E-state index in [1.54, 1.807) is 35.2 Å². The molecule has 2 aliphatic heterocycles. The van der Waals surface area contributed by atoms with Crippen LogP contribution >= 0.6 is 0 Å². The van der Waals surface area contributed by atoms with Gasteiger partial charge in [0.25, 0.3) is 5.91 Å². The molecule has 2 aliphatic rings. The van der Waals surface area contributed by atoms with Crippen molar-refractivity contribution in [3.8, 4) is 11.5 Å². The van der Waals surface area contributed by atoms with Gasteiger partial charge in [-0.1, -0.05) is 72.8 Å². The van der Waals surface area contributed by atoms with Crippen LogP contribution in [0, 0.1) is 0 Å². The zero-order chi connectivity index (χ0) is 24.7. The average Bonchev–Trinajstić information content (AvgIpc) is 3.45. The van der Waals surface area contributed by atoms with Gasteiger partial charge in [-0.2, -0.15) is 0 Å². The number of aliphatic hydroxyl groups is 1. The van der Waals surface area contributed by atoms with Crippen molar-refractivity contribution in [2.45, 2.75) is 18.6 Å². The molecule has 0 spiro atoms. The van der Waals surface area contributed by atoms with Gasteiger partial charge in [-0.05, 0) is 46.2 Å². The van der Waals surface area contributed by atoms with E-state index in [-0.39, 0.29) is 19.0 Å². The van der Waals surface area contributed by atoms with Gasteiger partial charge in [0.05, 0.1) is 18.7 Å². The van der Waals surface area contributed by atoms with Crippen molar-refractivity contribution in [3.05, 3.63) is 108 Å². The second-order valence-electron chi connectivity index (χ2n) is 9.00. The summed E-state index contributed by atoms with van der Waals surface area (Å²) < 4.78 is 10.7. The third-order valence-electron chi connectivity index (χ3n) is 6.74. The highest BCUT2D eigenvalue weighted by Gasteiger charge is 2.50. The number of ketones is 1. The first kappa shape index (κ1) is 22.1. The molecule has 4 aromatic rings. The van der Waals surface area contributed by atoms with Crippen LogP contribution in [0.15, 0.2) is 91.0 Å². The number of amides is 1. The van der Waals surface area contributed by atoms with Gasteiger partial charge in [-0.15, -0.1) is 0 Å². The lowest BCUT2D eigenvalue weighted by Crippen LogP contribution is -2.41. The molecule has 0 bridgehead atoms. The Morgan fingerprint density at radius 1 is 0.944 bits per heavy atom. The molecule has 36 heavy (non-hydrogen) atoms. The van der Waals surface area contributed by atoms with Gasteiger partial charge >= 0.3 is 0 Å². The van der Waals surface area contributed by atoms with Crippen LogP contribution in [-0.2, 0) is 21.7 Å². The smallest absolute Gasteiger partial charge is 0.264 e. The minimum atomic E-state index is -1.93. The molecule has 6 heteroatoms. The number of hydrogen-bond donors (Lipinski definition) is 1. The van der Waals surface area contributed by atoms with E-state index in [0.717, 1.165) is 21.9 Å². The monoisotopic (exact) mass is 477 g/mol. The molecule has 2 heterocycles. The van der Waals surface area contributed by atoms with E-state index < -0.39 is 11.5 Å². The van der Waals surface area contributed by atoms with Gasteiger partial charge in [0.1, 0.15) is 0 Å². The van der Waals surface area contributed by atoms with Crippen LogP contribution in [-0.4, -0.2) is 23.6 Å². The predicted molar refractivity (Wildman–Crippen MR) is 137 cm³/mol. The van der Waals surface area contributed by atoms with Crippen molar-refractivity contribution in [2.75, 3.05) is 11.7 Å². The van der Waals surface area contributed by atoms with Crippen molar-refractivity contribution >= 4 is 34.2 Å². The number of allylic oxidation sites excluding steroid dienone is 1.